The molecule has 0 amide bonds. The van der Waals surface area contributed by atoms with Gasteiger partial charge < -0.3 is 9.64 Å². The van der Waals surface area contributed by atoms with Crippen molar-refractivity contribution < 1.29 is 77.2 Å². The van der Waals surface area contributed by atoms with Crippen molar-refractivity contribution in [1.82, 2.24) is 0 Å². The highest BCUT2D eigenvalue weighted by molar-refractivity contribution is 7.94. The Balaban J connectivity index is 1.40. The van der Waals surface area contributed by atoms with E-state index < -0.39 is 76.3 Å². The number of hydrogen-bond donors (Lipinski definition) is 4. The molecule has 2 aromatic carbocycles. The van der Waals surface area contributed by atoms with Crippen molar-refractivity contribution in [1.29, 1.82) is 0 Å². The summed E-state index contributed by atoms with van der Waals surface area (Å²) in [5, 5.41) is 12.4. The molecule has 0 spiro atoms. The van der Waals surface area contributed by atoms with Gasteiger partial charge in [-0.2, -0.15) is 29.8 Å². The third-order valence-corrected chi connectivity index (χ3v) is 14.6. The molecule has 1 saturated carbocycles. The van der Waals surface area contributed by atoms with Crippen LogP contribution in [0.4, 0.5) is 11.4 Å². The molecule has 22 heteroatoms. The van der Waals surface area contributed by atoms with Crippen molar-refractivity contribution in [3.63, 3.8) is 0 Å². The third kappa shape index (κ3) is 13.4. The van der Waals surface area contributed by atoms with Crippen LogP contribution in [0.3, 0.4) is 0 Å². The summed E-state index contributed by atoms with van der Waals surface area (Å²) >= 11 is 0.804. The molecule has 65 heavy (non-hydrogen) atoms. The second-order valence-corrected chi connectivity index (χ2v) is 21.9. The average molecular weight is 982 g/mol. The number of benzene rings is 2. The molecule has 1 fully saturated rings. The first-order chi connectivity index (χ1) is 30.5. The van der Waals surface area contributed by atoms with E-state index in [1.165, 1.54) is 18.2 Å². The number of carbonyl (C=O) groups excluding carboxylic acids is 3. The Labute approximate surface area is 383 Å². The Morgan fingerprint density at radius 3 is 2.15 bits per heavy atom. The zero-order chi connectivity index (χ0) is 47.8. The minimum Gasteiger partial charge on any atom is -0.446 e. The molecule has 354 valence electrons. The first-order valence-corrected chi connectivity index (χ1v) is 26.1. The summed E-state index contributed by atoms with van der Waals surface area (Å²) in [7, 11) is -13.1. The smallest absolute Gasteiger partial charge is 0.306 e. The van der Waals surface area contributed by atoms with Crippen molar-refractivity contribution in [2.45, 2.75) is 105 Å². The lowest BCUT2D eigenvalue weighted by atomic mass is 9.77. The van der Waals surface area contributed by atoms with Gasteiger partial charge in [0, 0.05) is 71.6 Å². The summed E-state index contributed by atoms with van der Waals surface area (Å²) in [5.74, 6) is -2.46. The summed E-state index contributed by atoms with van der Waals surface area (Å²) in [6, 6.07) is 9.63. The topological polar surface area (TPSA) is 268 Å². The first-order valence-electron chi connectivity index (χ1n) is 20.7. The molecule has 4 N–H and O–H groups in total. The molecule has 0 saturated heterocycles. The Kier molecular flexibility index (Phi) is 17.1. The number of rotatable bonds is 23. The molecule has 5 rings (SSSR count). The van der Waals surface area contributed by atoms with Gasteiger partial charge in [-0.05, 0) is 82.0 Å². The summed E-state index contributed by atoms with van der Waals surface area (Å²) in [5.41, 5.74) is 2.85. The summed E-state index contributed by atoms with van der Waals surface area (Å²) in [6.07, 6.45) is 13.2. The van der Waals surface area contributed by atoms with Crippen LogP contribution in [0.2, 0.25) is 0 Å². The predicted octanol–water partition coefficient (Wildman–Crippen LogP) is 6.42. The van der Waals surface area contributed by atoms with Gasteiger partial charge in [-0.25, -0.2) is 5.26 Å². The Morgan fingerprint density at radius 2 is 1.49 bits per heavy atom. The van der Waals surface area contributed by atoms with Crippen LogP contribution in [-0.2, 0) is 69.7 Å². The van der Waals surface area contributed by atoms with Gasteiger partial charge in [0.2, 0.25) is 11.8 Å². The van der Waals surface area contributed by atoms with Crippen LogP contribution in [0.5, 0.6) is 0 Å². The first kappa shape index (κ1) is 51.6. The molecule has 1 atom stereocenters. The summed E-state index contributed by atoms with van der Waals surface area (Å²) in [6.45, 7) is 6.28. The van der Waals surface area contributed by atoms with Gasteiger partial charge in [0.1, 0.15) is 6.54 Å². The number of ether oxygens (including phenoxy) is 1. The lowest BCUT2D eigenvalue weighted by molar-refractivity contribution is -0.437. The van der Waals surface area contributed by atoms with E-state index in [0.29, 0.717) is 47.5 Å². The van der Waals surface area contributed by atoms with E-state index in [2.05, 4.69) is 9.37 Å². The summed E-state index contributed by atoms with van der Waals surface area (Å²) in [4.78, 5) is 38.5. The zero-order valence-electron chi connectivity index (χ0n) is 36.0. The van der Waals surface area contributed by atoms with Gasteiger partial charge in [0.25, 0.3) is 30.4 Å². The van der Waals surface area contributed by atoms with E-state index in [1.54, 1.807) is 30.4 Å². The van der Waals surface area contributed by atoms with Gasteiger partial charge in [-0.1, -0.05) is 48.3 Å². The van der Waals surface area contributed by atoms with Crippen molar-refractivity contribution in [2.75, 3.05) is 29.5 Å². The number of fused-ring (bicyclic) bond motifs is 2. The molecule has 1 unspecified atom stereocenters. The molecule has 0 radical (unpaired) electrons. The zero-order valence-corrected chi connectivity index (χ0v) is 39.3. The quantitative estimate of drug-likeness (QED) is 0.0108. The Bertz CT molecular complexity index is 2640. The third-order valence-electron chi connectivity index (χ3n) is 11.6. The van der Waals surface area contributed by atoms with Crippen molar-refractivity contribution >= 4 is 77.0 Å². The fourth-order valence-corrected chi connectivity index (χ4v) is 10.3. The average Bonchev–Trinajstić information content (AvgIpc) is 3.73. The minimum absolute atomic E-state index is 0.0190. The number of unbranched alkanes of at least 4 members (excludes halogenated alkanes) is 2. The second-order valence-electron chi connectivity index (χ2n) is 16.5. The SMILES string of the molecule is CC1(C)C(C=CC=CC=CC=C2N(CCCS(=O)(=O)O)c3ccc(S(=O)(=O)O)cc3C2(C)CCCCCC(=O)OC2C(=O)CCC2=O)=[N+](CCCS(=O)(=O)O)c2ccc(SOOO)cc21. The number of carbonyl (C=O) groups is 3. The fraction of sp³-hybridized carbons (Fsp3) is 0.442. The normalized spacial score (nSPS) is 19.8. The summed E-state index contributed by atoms with van der Waals surface area (Å²) < 4.78 is 112. The molecule has 2 heterocycles. The number of anilines is 1. The van der Waals surface area contributed by atoms with Gasteiger partial charge in [-0.15, -0.1) is 4.33 Å². The number of hydrogen-bond acceptors (Lipinski definition) is 15. The predicted molar refractivity (Wildman–Crippen MR) is 241 cm³/mol. The lowest BCUT2D eigenvalue weighted by Gasteiger charge is -2.30. The van der Waals surface area contributed by atoms with Crippen LogP contribution in [0.1, 0.15) is 89.7 Å². The molecule has 2 aliphatic heterocycles. The monoisotopic (exact) mass is 981 g/mol. The van der Waals surface area contributed by atoms with E-state index in [9.17, 15) is 53.3 Å². The highest BCUT2D eigenvalue weighted by atomic mass is 32.2. The van der Waals surface area contributed by atoms with Gasteiger partial charge in [0.05, 0.1) is 33.9 Å². The van der Waals surface area contributed by atoms with Crippen LogP contribution in [0.25, 0.3) is 0 Å². The van der Waals surface area contributed by atoms with Gasteiger partial charge in [0.15, 0.2) is 17.3 Å². The van der Waals surface area contributed by atoms with E-state index in [4.69, 9.17) is 9.99 Å². The molecular formula is C43H53N2O16S4+. The van der Waals surface area contributed by atoms with Gasteiger partial charge in [-0.3, -0.25) is 28.0 Å². The number of ketones is 2. The molecule has 18 nitrogen and oxygen atoms in total. The molecular weight excluding hydrogens is 929 g/mol. The molecule has 0 aromatic heterocycles. The van der Waals surface area contributed by atoms with Crippen molar-refractivity contribution in [3.8, 4) is 0 Å². The van der Waals surface area contributed by atoms with Crippen molar-refractivity contribution in [3.05, 3.63) is 95.8 Å². The van der Waals surface area contributed by atoms with Gasteiger partial charge >= 0.3 is 5.97 Å². The highest BCUT2D eigenvalue weighted by Crippen LogP contribution is 2.51. The van der Waals surface area contributed by atoms with Crippen LogP contribution in [-0.4, -0.2) is 103 Å². The maximum absolute atomic E-state index is 12.5. The largest absolute Gasteiger partial charge is 0.446 e. The molecule has 3 aliphatic rings. The lowest BCUT2D eigenvalue weighted by Crippen LogP contribution is -2.30. The van der Waals surface area contributed by atoms with E-state index in [0.717, 1.165) is 29.0 Å². The van der Waals surface area contributed by atoms with E-state index in [1.807, 2.05) is 60.6 Å². The number of Topliss-reactive ketones (excluding diaryl/α,β-unsaturated/α-hetero) is 2. The highest BCUT2D eigenvalue weighted by Gasteiger charge is 2.45. The standard InChI is InChI=1S/C43H52N2O16S4/c1-42(2)32-28-30(62-61-60-49)17-19-34(32)44(24-12-26-63(50,51)52)38(42)14-8-5-4-6-9-15-39-43(3,23-11-7-10-16-40(48)59-41-36(46)21-22-37(41)47)33-29-31(65(56,57)58)18-20-35(33)45(39)25-13-27-64(53,54)55/h4-6,8-9,14-15,17-20,28-29,41H,7,10-13,16,21-27H2,1-3H3,(H3-,49,50,51,52,53,54,55,56,57,58)/p+1. The maximum atomic E-state index is 12.5. The van der Waals surface area contributed by atoms with Crippen LogP contribution in [0, 0.1) is 0 Å². The molecule has 1 aliphatic carbocycles. The maximum Gasteiger partial charge on any atom is 0.306 e. The Hall–Kier alpha value is -4.36. The second kappa shape index (κ2) is 21.5. The molecule has 0 bridgehead atoms. The Morgan fingerprint density at radius 1 is 0.831 bits per heavy atom. The van der Waals surface area contributed by atoms with Crippen LogP contribution < -0.4 is 4.90 Å². The minimum atomic E-state index is -4.62. The number of allylic oxidation sites excluding steroid dienone is 8. The molecule has 2 aromatic rings. The van der Waals surface area contributed by atoms with Crippen LogP contribution >= 0.6 is 12.0 Å². The van der Waals surface area contributed by atoms with Crippen molar-refractivity contribution in [2.24, 2.45) is 0 Å². The van der Waals surface area contributed by atoms with Crippen LogP contribution in [0.15, 0.2) is 94.4 Å². The number of nitrogens with zero attached hydrogens (tertiary/aromatic N) is 2. The van der Waals surface area contributed by atoms with E-state index >= 15 is 0 Å². The van der Waals surface area contributed by atoms with E-state index in [-0.39, 0.29) is 50.1 Å². The fourth-order valence-electron chi connectivity index (χ4n) is 8.43. The number of esters is 1.